The number of carbonyl (C=O) groups is 1. The van der Waals surface area contributed by atoms with Crippen molar-refractivity contribution in [2.45, 2.75) is 47.1 Å². The molecular formula is C14H25N3O2. The van der Waals surface area contributed by atoms with Crippen molar-refractivity contribution < 1.29 is 9.90 Å². The van der Waals surface area contributed by atoms with Crippen LogP contribution in [-0.4, -0.2) is 33.9 Å². The molecule has 0 unspecified atom stereocenters. The number of nitrogens with zero attached hydrogens (tertiary/aromatic N) is 2. The second kappa shape index (κ2) is 7.28. The standard InChI is InChI=1S/C14H25N3O2/c1-10(2)9-17-12(4)13(11(3)16-17)5-6-14(19)15-7-8-18/h10,18H,5-9H2,1-4H3,(H,15,19). The van der Waals surface area contributed by atoms with Crippen molar-refractivity contribution in [3.63, 3.8) is 0 Å². The van der Waals surface area contributed by atoms with E-state index in [9.17, 15) is 4.79 Å². The zero-order chi connectivity index (χ0) is 14.4. The van der Waals surface area contributed by atoms with Crippen molar-refractivity contribution in [3.05, 3.63) is 17.0 Å². The number of aliphatic hydroxyl groups excluding tert-OH is 1. The van der Waals surface area contributed by atoms with E-state index in [-0.39, 0.29) is 12.5 Å². The number of nitrogens with one attached hydrogen (secondary N) is 1. The zero-order valence-corrected chi connectivity index (χ0v) is 12.4. The van der Waals surface area contributed by atoms with Gasteiger partial charge in [0.2, 0.25) is 5.91 Å². The fourth-order valence-corrected chi connectivity index (χ4v) is 2.14. The Bertz CT molecular complexity index is 425. The average molecular weight is 267 g/mol. The Balaban J connectivity index is 2.63. The maximum Gasteiger partial charge on any atom is 0.220 e. The van der Waals surface area contributed by atoms with Crippen molar-refractivity contribution in [2.75, 3.05) is 13.2 Å². The van der Waals surface area contributed by atoms with Crippen molar-refractivity contribution in [3.8, 4) is 0 Å². The van der Waals surface area contributed by atoms with Crippen LogP contribution in [0.5, 0.6) is 0 Å². The second-order valence-corrected chi connectivity index (χ2v) is 5.30. The number of aromatic nitrogens is 2. The molecule has 0 aliphatic rings. The summed E-state index contributed by atoms with van der Waals surface area (Å²) in [6.07, 6.45) is 1.14. The summed E-state index contributed by atoms with van der Waals surface area (Å²) in [6, 6.07) is 0. The first-order valence-corrected chi connectivity index (χ1v) is 6.86. The van der Waals surface area contributed by atoms with Crippen LogP contribution in [0, 0.1) is 19.8 Å². The van der Waals surface area contributed by atoms with E-state index in [1.54, 1.807) is 0 Å². The van der Waals surface area contributed by atoms with E-state index >= 15 is 0 Å². The third-order valence-corrected chi connectivity index (χ3v) is 3.11. The predicted octanol–water partition coefficient (Wildman–Crippen LogP) is 1.20. The zero-order valence-electron chi connectivity index (χ0n) is 12.4. The van der Waals surface area contributed by atoms with Gasteiger partial charge in [-0.15, -0.1) is 0 Å². The average Bonchev–Trinajstić information content (AvgIpc) is 2.59. The summed E-state index contributed by atoms with van der Waals surface area (Å²) in [5, 5.41) is 15.8. The minimum absolute atomic E-state index is 0.0177. The summed E-state index contributed by atoms with van der Waals surface area (Å²) >= 11 is 0. The molecule has 0 aliphatic carbocycles. The minimum atomic E-state index is -0.0236. The van der Waals surface area contributed by atoms with Gasteiger partial charge in [-0.25, -0.2) is 0 Å². The van der Waals surface area contributed by atoms with Crippen LogP contribution in [-0.2, 0) is 17.8 Å². The lowest BCUT2D eigenvalue weighted by Crippen LogP contribution is -2.26. The molecular weight excluding hydrogens is 242 g/mol. The highest BCUT2D eigenvalue weighted by Crippen LogP contribution is 2.16. The Morgan fingerprint density at radius 2 is 2.11 bits per heavy atom. The molecule has 0 aliphatic heterocycles. The molecule has 19 heavy (non-hydrogen) atoms. The largest absolute Gasteiger partial charge is 0.395 e. The van der Waals surface area contributed by atoms with Crippen LogP contribution < -0.4 is 5.32 Å². The van der Waals surface area contributed by atoms with Gasteiger partial charge in [0.05, 0.1) is 12.3 Å². The fraction of sp³-hybridized carbons (Fsp3) is 0.714. The van der Waals surface area contributed by atoms with E-state index in [4.69, 9.17) is 5.11 Å². The number of aliphatic hydroxyl groups is 1. The number of rotatable bonds is 7. The Morgan fingerprint density at radius 3 is 2.68 bits per heavy atom. The number of carbonyl (C=O) groups excluding carboxylic acids is 1. The Morgan fingerprint density at radius 1 is 1.42 bits per heavy atom. The quantitative estimate of drug-likeness (QED) is 0.780. The van der Waals surface area contributed by atoms with Crippen molar-refractivity contribution >= 4 is 5.91 Å². The van der Waals surface area contributed by atoms with Crippen LogP contribution in [0.3, 0.4) is 0 Å². The third kappa shape index (κ3) is 4.67. The summed E-state index contributed by atoms with van der Waals surface area (Å²) < 4.78 is 2.03. The van der Waals surface area contributed by atoms with Gasteiger partial charge in [-0.3, -0.25) is 9.48 Å². The molecule has 0 atom stereocenters. The van der Waals surface area contributed by atoms with Gasteiger partial charge >= 0.3 is 0 Å². The number of aryl methyl sites for hydroxylation is 1. The normalized spacial score (nSPS) is 11.1. The molecule has 0 saturated carbocycles. The lowest BCUT2D eigenvalue weighted by atomic mass is 10.1. The molecule has 0 bridgehead atoms. The van der Waals surface area contributed by atoms with Gasteiger partial charge in [-0.2, -0.15) is 5.10 Å². The Labute approximate surface area is 115 Å². The molecule has 5 heteroatoms. The maximum atomic E-state index is 11.5. The summed E-state index contributed by atoms with van der Waals surface area (Å²) in [7, 11) is 0. The molecule has 5 nitrogen and oxygen atoms in total. The Hall–Kier alpha value is -1.36. The summed E-state index contributed by atoms with van der Waals surface area (Å²) in [4.78, 5) is 11.5. The third-order valence-electron chi connectivity index (χ3n) is 3.11. The molecule has 2 N–H and O–H groups in total. The van der Waals surface area contributed by atoms with E-state index in [0.29, 0.717) is 25.3 Å². The molecule has 1 aromatic heterocycles. The van der Waals surface area contributed by atoms with Gasteiger partial charge < -0.3 is 10.4 Å². The van der Waals surface area contributed by atoms with E-state index < -0.39 is 0 Å². The molecule has 0 aromatic carbocycles. The summed E-state index contributed by atoms with van der Waals surface area (Å²) in [6.45, 7) is 9.59. The molecule has 1 aromatic rings. The highest BCUT2D eigenvalue weighted by Gasteiger charge is 2.13. The van der Waals surface area contributed by atoms with E-state index in [2.05, 4.69) is 31.2 Å². The first-order valence-electron chi connectivity index (χ1n) is 6.86. The SMILES string of the molecule is Cc1nn(CC(C)C)c(C)c1CCC(=O)NCCO. The number of hydrogen-bond acceptors (Lipinski definition) is 3. The van der Waals surface area contributed by atoms with Crippen LogP contribution in [0.2, 0.25) is 0 Å². The molecule has 0 radical (unpaired) electrons. The maximum absolute atomic E-state index is 11.5. The summed E-state index contributed by atoms with van der Waals surface area (Å²) in [5.74, 6) is 0.531. The first kappa shape index (κ1) is 15.7. The van der Waals surface area contributed by atoms with Crippen LogP contribution in [0.1, 0.15) is 37.2 Å². The van der Waals surface area contributed by atoms with Crippen molar-refractivity contribution in [1.29, 1.82) is 0 Å². The molecule has 108 valence electrons. The fourth-order valence-electron chi connectivity index (χ4n) is 2.14. The monoisotopic (exact) mass is 267 g/mol. The highest BCUT2D eigenvalue weighted by molar-refractivity contribution is 5.76. The van der Waals surface area contributed by atoms with Crippen molar-refractivity contribution in [2.24, 2.45) is 5.92 Å². The first-order chi connectivity index (χ1) is 8.95. The van der Waals surface area contributed by atoms with Crippen LogP contribution in [0.4, 0.5) is 0 Å². The van der Waals surface area contributed by atoms with Gasteiger partial charge in [-0.1, -0.05) is 13.8 Å². The molecule has 0 fully saturated rings. The Kier molecular flexibility index (Phi) is 6.02. The van der Waals surface area contributed by atoms with Gasteiger partial charge in [0, 0.05) is 25.2 Å². The molecule has 0 spiro atoms. The van der Waals surface area contributed by atoms with E-state index in [1.807, 2.05) is 11.6 Å². The topological polar surface area (TPSA) is 67.2 Å². The van der Waals surface area contributed by atoms with Gasteiger partial charge in [0.25, 0.3) is 0 Å². The molecule has 1 heterocycles. The molecule has 1 rings (SSSR count). The van der Waals surface area contributed by atoms with Gasteiger partial charge in [-0.05, 0) is 31.7 Å². The summed E-state index contributed by atoms with van der Waals surface area (Å²) in [5.41, 5.74) is 3.33. The smallest absolute Gasteiger partial charge is 0.220 e. The van der Waals surface area contributed by atoms with Crippen molar-refractivity contribution in [1.82, 2.24) is 15.1 Å². The minimum Gasteiger partial charge on any atom is -0.395 e. The predicted molar refractivity (Wildman–Crippen MR) is 75.0 cm³/mol. The van der Waals surface area contributed by atoms with Crippen LogP contribution >= 0.6 is 0 Å². The van der Waals surface area contributed by atoms with E-state index in [1.165, 1.54) is 5.56 Å². The lowest BCUT2D eigenvalue weighted by Gasteiger charge is -2.08. The van der Waals surface area contributed by atoms with Gasteiger partial charge in [0.1, 0.15) is 0 Å². The molecule has 0 saturated heterocycles. The number of hydrogen-bond donors (Lipinski definition) is 2. The number of amides is 1. The van der Waals surface area contributed by atoms with Gasteiger partial charge in [0.15, 0.2) is 0 Å². The molecule has 1 amide bonds. The van der Waals surface area contributed by atoms with E-state index in [0.717, 1.165) is 17.9 Å². The lowest BCUT2D eigenvalue weighted by molar-refractivity contribution is -0.121. The van der Waals surface area contributed by atoms with Crippen LogP contribution in [0.15, 0.2) is 0 Å². The van der Waals surface area contributed by atoms with Crippen LogP contribution in [0.25, 0.3) is 0 Å². The highest BCUT2D eigenvalue weighted by atomic mass is 16.3. The second-order valence-electron chi connectivity index (χ2n) is 5.30.